The molecule has 0 radical (unpaired) electrons. The Hall–Kier alpha value is -0.0400. The fourth-order valence-electron chi connectivity index (χ4n) is 9.04. The summed E-state index contributed by atoms with van der Waals surface area (Å²) in [5, 5.41) is 10.4. The van der Waals surface area contributed by atoms with Crippen molar-refractivity contribution in [1.29, 1.82) is 0 Å². The fourth-order valence-corrected chi connectivity index (χ4v) is 9.04. The van der Waals surface area contributed by atoms with Crippen LogP contribution in [0.25, 0.3) is 0 Å². The lowest BCUT2D eigenvalue weighted by Gasteiger charge is -2.51. The average molecular weight is 389 g/mol. The Labute approximate surface area is 175 Å². The van der Waals surface area contributed by atoms with Gasteiger partial charge in [0.1, 0.15) is 0 Å². The molecule has 4 aliphatic rings. The summed E-state index contributed by atoms with van der Waals surface area (Å²) in [4.78, 5) is 0. The zero-order valence-electron chi connectivity index (χ0n) is 19.8. The van der Waals surface area contributed by atoms with Crippen LogP contribution in [-0.2, 0) is 0 Å². The number of aliphatic hydroxyl groups is 1. The Morgan fingerprint density at radius 2 is 1.18 bits per heavy atom. The van der Waals surface area contributed by atoms with Gasteiger partial charge in [0.05, 0.1) is 0 Å². The molecule has 0 bridgehead atoms. The van der Waals surface area contributed by atoms with E-state index in [2.05, 4.69) is 41.5 Å². The molecule has 1 N–H and O–H groups in total. The zero-order valence-corrected chi connectivity index (χ0v) is 19.8. The lowest BCUT2D eigenvalue weighted by Crippen LogP contribution is -2.45. The van der Waals surface area contributed by atoms with Crippen LogP contribution in [0.2, 0.25) is 0 Å². The highest BCUT2D eigenvalue weighted by Gasteiger charge is 2.52. The maximum atomic E-state index is 10.4. The number of hydrogen-bond donors (Lipinski definition) is 1. The summed E-state index contributed by atoms with van der Waals surface area (Å²) in [6.07, 6.45) is 14.5. The molecule has 0 saturated heterocycles. The number of fused-ring (bicyclic) bond motifs is 2. The molecule has 28 heavy (non-hydrogen) atoms. The summed E-state index contributed by atoms with van der Waals surface area (Å²) in [6, 6.07) is 0. The zero-order chi connectivity index (χ0) is 20.3. The largest absolute Gasteiger partial charge is 0.396 e. The standard InChI is InChI=1S/C27H48O/c1-25(2)13-11-18-7-9-20(15-22(18)25)24(27(5,6)17-28)21-10-8-19-12-14-26(3,4)23(19)16-21/h18-24,28H,7-17H2,1-6H3. The van der Waals surface area contributed by atoms with Gasteiger partial charge in [-0.1, -0.05) is 41.5 Å². The van der Waals surface area contributed by atoms with Gasteiger partial charge < -0.3 is 5.11 Å². The van der Waals surface area contributed by atoms with Crippen LogP contribution >= 0.6 is 0 Å². The van der Waals surface area contributed by atoms with E-state index in [0.29, 0.717) is 23.4 Å². The summed E-state index contributed by atoms with van der Waals surface area (Å²) < 4.78 is 0. The van der Waals surface area contributed by atoms with Gasteiger partial charge in [-0.3, -0.25) is 0 Å². The average Bonchev–Trinajstić information content (AvgIpc) is 3.11. The molecule has 0 aliphatic heterocycles. The molecule has 6 unspecified atom stereocenters. The molecule has 0 amide bonds. The van der Waals surface area contributed by atoms with E-state index in [0.717, 1.165) is 35.5 Å². The molecule has 162 valence electrons. The Morgan fingerprint density at radius 1 is 0.750 bits per heavy atom. The Bertz CT molecular complexity index is 517. The number of aliphatic hydroxyl groups excluding tert-OH is 1. The molecule has 1 nitrogen and oxygen atoms in total. The third kappa shape index (κ3) is 3.61. The quantitative estimate of drug-likeness (QED) is 0.534. The molecule has 4 saturated carbocycles. The fraction of sp³-hybridized carbons (Fsp3) is 1.00. The van der Waals surface area contributed by atoms with Crippen LogP contribution in [0, 0.1) is 57.7 Å². The van der Waals surface area contributed by atoms with E-state index in [1.54, 1.807) is 0 Å². The summed E-state index contributed by atoms with van der Waals surface area (Å²) in [7, 11) is 0. The number of hydrogen-bond acceptors (Lipinski definition) is 1. The third-order valence-electron chi connectivity index (χ3n) is 10.7. The highest BCUT2D eigenvalue weighted by Crippen LogP contribution is 2.61. The van der Waals surface area contributed by atoms with Crippen LogP contribution in [-0.4, -0.2) is 11.7 Å². The lowest BCUT2D eigenvalue weighted by atomic mass is 9.54. The van der Waals surface area contributed by atoms with Crippen molar-refractivity contribution in [2.45, 2.75) is 106 Å². The molecule has 0 heterocycles. The molecule has 0 aromatic carbocycles. The molecule has 0 aromatic rings. The Kier molecular flexibility index (Phi) is 5.51. The van der Waals surface area contributed by atoms with Gasteiger partial charge in [0, 0.05) is 6.61 Å². The van der Waals surface area contributed by atoms with Crippen LogP contribution in [0.15, 0.2) is 0 Å². The van der Waals surface area contributed by atoms with Crippen molar-refractivity contribution in [2.75, 3.05) is 6.61 Å². The van der Waals surface area contributed by atoms with Crippen LogP contribution in [0.3, 0.4) is 0 Å². The highest BCUT2D eigenvalue weighted by atomic mass is 16.3. The van der Waals surface area contributed by atoms with E-state index < -0.39 is 0 Å². The van der Waals surface area contributed by atoms with Crippen molar-refractivity contribution >= 4 is 0 Å². The van der Waals surface area contributed by atoms with E-state index in [1.807, 2.05) is 0 Å². The summed E-state index contributed by atoms with van der Waals surface area (Å²) in [5.74, 6) is 6.25. The van der Waals surface area contributed by atoms with Crippen molar-refractivity contribution in [3.8, 4) is 0 Å². The summed E-state index contributed by atoms with van der Waals surface area (Å²) in [5.41, 5.74) is 1.16. The predicted molar refractivity (Wildman–Crippen MR) is 119 cm³/mol. The minimum atomic E-state index is 0.0699. The van der Waals surface area contributed by atoms with Crippen molar-refractivity contribution in [3.63, 3.8) is 0 Å². The monoisotopic (exact) mass is 388 g/mol. The third-order valence-corrected chi connectivity index (χ3v) is 10.7. The molecule has 4 fully saturated rings. The number of rotatable bonds is 4. The van der Waals surface area contributed by atoms with E-state index in [4.69, 9.17) is 0 Å². The second-order valence-electron chi connectivity index (χ2n) is 13.6. The lowest BCUT2D eigenvalue weighted by molar-refractivity contribution is -0.0420. The first-order valence-electron chi connectivity index (χ1n) is 12.7. The van der Waals surface area contributed by atoms with Gasteiger partial charge in [0.25, 0.3) is 0 Å². The minimum absolute atomic E-state index is 0.0699. The first-order chi connectivity index (χ1) is 13.0. The molecule has 0 aromatic heterocycles. The summed E-state index contributed by atoms with van der Waals surface area (Å²) in [6.45, 7) is 15.3. The second-order valence-corrected chi connectivity index (χ2v) is 13.6. The van der Waals surface area contributed by atoms with E-state index in [9.17, 15) is 5.11 Å². The molecule has 4 aliphatic carbocycles. The summed E-state index contributed by atoms with van der Waals surface area (Å²) >= 11 is 0. The van der Waals surface area contributed by atoms with Gasteiger partial charge in [-0.25, -0.2) is 0 Å². The van der Waals surface area contributed by atoms with Crippen molar-refractivity contribution in [3.05, 3.63) is 0 Å². The highest BCUT2D eigenvalue weighted by molar-refractivity contribution is 5.02. The molecular formula is C27H48O. The van der Waals surface area contributed by atoms with Crippen molar-refractivity contribution in [2.24, 2.45) is 57.7 Å². The Morgan fingerprint density at radius 3 is 1.57 bits per heavy atom. The first kappa shape index (κ1) is 21.2. The van der Waals surface area contributed by atoms with Crippen LogP contribution < -0.4 is 0 Å². The van der Waals surface area contributed by atoms with E-state index in [-0.39, 0.29) is 5.41 Å². The molecule has 4 rings (SSSR count). The molecule has 0 spiro atoms. The normalized spacial score (nSPS) is 43.4. The topological polar surface area (TPSA) is 20.2 Å². The van der Waals surface area contributed by atoms with Crippen LogP contribution in [0.5, 0.6) is 0 Å². The SMILES string of the molecule is CC1(C)CCC2CCC(C(C3CCC4CCC(C)(C)C4C3)C(C)(C)CO)CC21. The van der Waals surface area contributed by atoms with Crippen molar-refractivity contribution in [1.82, 2.24) is 0 Å². The maximum absolute atomic E-state index is 10.4. The second kappa shape index (κ2) is 7.28. The Balaban J connectivity index is 1.56. The molecule has 1 heteroatoms. The van der Waals surface area contributed by atoms with Gasteiger partial charge >= 0.3 is 0 Å². The maximum Gasteiger partial charge on any atom is 0.0484 e. The molecular weight excluding hydrogens is 340 g/mol. The van der Waals surface area contributed by atoms with Crippen LogP contribution in [0.4, 0.5) is 0 Å². The van der Waals surface area contributed by atoms with Crippen molar-refractivity contribution < 1.29 is 5.11 Å². The van der Waals surface area contributed by atoms with Crippen LogP contribution in [0.1, 0.15) is 106 Å². The van der Waals surface area contributed by atoms with Gasteiger partial charge in [-0.15, -0.1) is 0 Å². The first-order valence-corrected chi connectivity index (χ1v) is 12.7. The predicted octanol–water partition coefficient (Wildman–Crippen LogP) is 7.33. The minimum Gasteiger partial charge on any atom is -0.396 e. The van der Waals surface area contributed by atoms with Gasteiger partial charge in [-0.2, -0.15) is 0 Å². The van der Waals surface area contributed by atoms with Gasteiger partial charge in [-0.05, 0) is 122 Å². The van der Waals surface area contributed by atoms with Gasteiger partial charge in [0.15, 0.2) is 0 Å². The van der Waals surface area contributed by atoms with E-state index in [1.165, 1.54) is 64.2 Å². The van der Waals surface area contributed by atoms with E-state index >= 15 is 0 Å². The van der Waals surface area contributed by atoms with Gasteiger partial charge in [0.2, 0.25) is 0 Å². The molecule has 6 atom stereocenters. The smallest absolute Gasteiger partial charge is 0.0484 e.